The highest BCUT2D eigenvalue weighted by Gasteiger charge is 2.59. The lowest BCUT2D eigenvalue weighted by Crippen LogP contribution is -2.51. The monoisotopic (exact) mass is 558 g/mol. The second-order valence-corrected chi connectivity index (χ2v) is 15.0. The van der Waals surface area contributed by atoms with Gasteiger partial charge in [0, 0.05) is 11.8 Å². The zero-order valence-electron chi connectivity index (χ0n) is 25.9. The molecule has 4 aliphatic rings. The van der Waals surface area contributed by atoms with Gasteiger partial charge >= 0.3 is 11.6 Å². The van der Waals surface area contributed by atoms with E-state index in [4.69, 9.17) is 9.15 Å². The summed E-state index contributed by atoms with van der Waals surface area (Å²) < 4.78 is 11.4. The summed E-state index contributed by atoms with van der Waals surface area (Å²) in [7, 11) is 0. The van der Waals surface area contributed by atoms with Crippen LogP contribution in [0, 0.1) is 46.3 Å². The van der Waals surface area contributed by atoms with Crippen molar-refractivity contribution in [1.29, 1.82) is 0 Å². The molecule has 4 heteroatoms. The van der Waals surface area contributed by atoms with E-state index in [1.807, 2.05) is 18.2 Å². The van der Waals surface area contributed by atoms with Crippen LogP contribution in [0.5, 0.6) is 0 Å². The molecule has 8 atom stereocenters. The quantitative estimate of drug-likeness (QED) is 0.193. The van der Waals surface area contributed by atoms with Crippen molar-refractivity contribution in [2.24, 2.45) is 46.3 Å². The summed E-state index contributed by atoms with van der Waals surface area (Å²) in [5.41, 5.74) is 2.05. The Labute approximate surface area is 246 Å². The number of carbonyl (C=O) groups is 1. The predicted molar refractivity (Wildman–Crippen MR) is 165 cm³/mol. The molecule has 0 aliphatic heterocycles. The zero-order chi connectivity index (χ0) is 28.9. The molecule has 4 aliphatic carbocycles. The summed E-state index contributed by atoms with van der Waals surface area (Å²) in [6.07, 6.45) is 15.9. The molecule has 41 heavy (non-hydrogen) atoms. The van der Waals surface area contributed by atoms with Crippen molar-refractivity contribution < 1.29 is 13.9 Å². The largest absolute Gasteiger partial charge is 0.458 e. The van der Waals surface area contributed by atoms with E-state index in [0.717, 1.165) is 60.2 Å². The maximum Gasteiger partial charge on any atom is 0.351 e. The van der Waals surface area contributed by atoms with Crippen molar-refractivity contribution in [1.82, 2.24) is 0 Å². The topological polar surface area (TPSA) is 56.5 Å². The Kier molecular flexibility index (Phi) is 7.74. The Balaban J connectivity index is 1.13. The molecule has 0 bridgehead atoms. The molecule has 222 valence electrons. The first-order valence-corrected chi connectivity index (χ1v) is 16.5. The number of hydrogen-bond acceptors (Lipinski definition) is 4. The zero-order valence-corrected chi connectivity index (χ0v) is 25.9. The van der Waals surface area contributed by atoms with E-state index in [2.05, 4.69) is 40.7 Å². The fourth-order valence-corrected chi connectivity index (χ4v) is 10.2. The summed E-state index contributed by atoms with van der Waals surface area (Å²) >= 11 is 0. The highest BCUT2D eigenvalue weighted by molar-refractivity contribution is 5.92. The molecule has 2 aromatic rings. The molecule has 0 amide bonds. The van der Waals surface area contributed by atoms with Crippen molar-refractivity contribution in [2.75, 3.05) is 0 Å². The number of benzene rings is 1. The second-order valence-electron chi connectivity index (χ2n) is 15.0. The summed E-state index contributed by atoms with van der Waals surface area (Å²) in [5, 5.41) is 0.736. The summed E-state index contributed by atoms with van der Waals surface area (Å²) in [6, 6.07) is 8.89. The van der Waals surface area contributed by atoms with Gasteiger partial charge in [-0.25, -0.2) is 9.59 Å². The average Bonchev–Trinajstić information content (AvgIpc) is 3.30. The minimum Gasteiger partial charge on any atom is -0.458 e. The fourth-order valence-electron chi connectivity index (χ4n) is 10.2. The maximum atomic E-state index is 13.1. The van der Waals surface area contributed by atoms with Crippen LogP contribution in [0.15, 0.2) is 51.2 Å². The Bertz CT molecular complexity index is 1370. The van der Waals surface area contributed by atoms with Gasteiger partial charge in [-0.3, -0.25) is 0 Å². The molecule has 6 rings (SSSR count). The SMILES string of the molecule is CC(C)CCC[C@@H](C)[C@H]1CC[C@H]2[C@@H]3CC=C4C[C@@H](OC(=O)c5cc6ccccc6oc5=O)CC[C@]4(C)[C@H]3CC[C@]12C. The lowest BCUT2D eigenvalue weighted by atomic mass is 9.47. The van der Waals surface area contributed by atoms with Crippen molar-refractivity contribution in [3.8, 4) is 0 Å². The van der Waals surface area contributed by atoms with Crippen LogP contribution < -0.4 is 5.63 Å². The number of hydrogen-bond donors (Lipinski definition) is 0. The lowest BCUT2D eigenvalue weighted by molar-refractivity contribution is -0.0595. The summed E-state index contributed by atoms with van der Waals surface area (Å²) in [6.45, 7) is 12.4. The maximum absolute atomic E-state index is 13.1. The molecular formula is C37H50O4. The molecule has 1 aromatic heterocycles. The Morgan fingerprint density at radius 3 is 2.63 bits per heavy atom. The van der Waals surface area contributed by atoms with Crippen LogP contribution in [0.3, 0.4) is 0 Å². The van der Waals surface area contributed by atoms with E-state index in [1.54, 1.807) is 12.1 Å². The third-order valence-electron chi connectivity index (χ3n) is 12.4. The third kappa shape index (κ3) is 5.12. The van der Waals surface area contributed by atoms with Crippen molar-refractivity contribution >= 4 is 16.9 Å². The molecule has 1 heterocycles. The molecule has 3 fully saturated rings. The van der Waals surface area contributed by atoms with E-state index in [0.29, 0.717) is 11.0 Å². The van der Waals surface area contributed by atoms with Gasteiger partial charge in [-0.2, -0.15) is 0 Å². The molecule has 3 saturated carbocycles. The average molecular weight is 559 g/mol. The van der Waals surface area contributed by atoms with Crippen molar-refractivity contribution in [2.45, 2.75) is 111 Å². The molecule has 0 unspecified atom stereocenters. The highest BCUT2D eigenvalue weighted by Crippen LogP contribution is 2.67. The molecule has 0 saturated heterocycles. The van der Waals surface area contributed by atoms with E-state index in [9.17, 15) is 9.59 Å². The van der Waals surface area contributed by atoms with Crippen molar-refractivity contribution in [3.05, 3.63) is 58.0 Å². The summed E-state index contributed by atoms with van der Waals surface area (Å²) in [4.78, 5) is 25.6. The first-order valence-electron chi connectivity index (χ1n) is 16.5. The number of fused-ring (bicyclic) bond motifs is 6. The van der Waals surface area contributed by atoms with Crippen LogP contribution >= 0.6 is 0 Å². The number of ether oxygens (including phenoxy) is 1. The third-order valence-corrected chi connectivity index (χ3v) is 12.4. The summed E-state index contributed by atoms with van der Waals surface area (Å²) in [5.74, 6) is 4.33. The first-order chi connectivity index (χ1) is 19.6. The second kappa shape index (κ2) is 11.0. The number of allylic oxidation sites excluding steroid dienone is 1. The minimum absolute atomic E-state index is 0.00416. The van der Waals surface area contributed by atoms with Gasteiger partial charge in [0.05, 0.1) is 0 Å². The number of esters is 1. The van der Waals surface area contributed by atoms with E-state index >= 15 is 0 Å². The van der Waals surface area contributed by atoms with Gasteiger partial charge in [-0.1, -0.05) is 83.7 Å². The van der Waals surface area contributed by atoms with Crippen LogP contribution in [0.25, 0.3) is 11.0 Å². The highest BCUT2D eigenvalue weighted by atomic mass is 16.5. The number of carbonyl (C=O) groups excluding carboxylic acids is 1. The standard InChI is InChI=1S/C37H50O4/c1-23(2)9-8-10-24(3)30-15-16-31-28-14-13-26-22-27(17-19-36(26,4)32(28)18-20-37(30,31)5)40-34(38)29-21-25-11-6-7-12-33(25)41-35(29)39/h6-7,11-13,21,23-24,27-28,30-32H,8-10,14-20,22H2,1-5H3/t24-,27+,28+,30-,31+,32+,36+,37-/m1/s1. The van der Waals surface area contributed by atoms with Crippen LogP contribution in [-0.4, -0.2) is 12.1 Å². The Morgan fingerprint density at radius 1 is 1.02 bits per heavy atom. The Morgan fingerprint density at radius 2 is 1.83 bits per heavy atom. The van der Waals surface area contributed by atoms with Crippen LogP contribution in [0.4, 0.5) is 0 Å². The van der Waals surface area contributed by atoms with Crippen LogP contribution in [0.1, 0.15) is 116 Å². The molecular weight excluding hydrogens is 508 g/mol. The van der Waals surface area contributed by atoms with E-state index < -0.39 is 11.6 Å². The van der Waals surface area contributed by atoms with Gasteiger partial charge < -0.3 is 9.15 Å². The van der Waals surface area contributed by atoms with Gasteiger partial charge in [0.15, 0.2) is 0 Å². The smallest absolute Gasteiger partial charge is 0.351 e. The van der Waals surface area contributed by atoms with Gasteiger partial charge in [-0.15, -0.1) is 0 Å². The Hall–Kier alpha value is -2.36. The molecule has 0 N–H and O–H groups in total. The van der Waals surface area contributed by atoms with E-state index in [1.165, 1.54) is 56.9 Å². The fraction of sp³-hybridized carbons (Fsp3) is 0.676. The van der Waals surface area contributed by atoms with Crippen LogP contribution in [0.2, 0.25) is 0 Å². The predicted octanol–water partition coefficient (Wildman–Crippen LogP) is 9.36. The van der Waals surface area contributed by atoms with Gasteiger partial charge in [0.1, 0.15) is 17.3 Å². The number of para-hydroxylation sites is 1. The molecule has 0 radical (unpaired) electrons. The first kappa shape index (κ1) is 28.7. The molecule has 1 aromatic carbocycles. The molecule has 0 spiro atoms. The van der Waals surface area contributed by atoms with Gasteiger partial charge in [0.2, 0.25) is 0 Å². The molecule has 4 nitrogen and oxygen atoms in total. The van der Waals surface area contributed by atoms with Gasteiger partial charge in [0.25, 0.3) is 0 Å². The lowest BCUT2D eigenvalue weighted by Gasteiger charge is -2.58. The number of rotatable bonds is 7. The normalized spacial score (nSPS) is 35.4. The minimum atomic E-state index is -0.622. The van der Waals surface area contributed by atoms with Crippen molar-refractivity contribution in [3.63, 3.8) is 0 Å². The van der Waals surface area contributed by atoms with E-state index in [-0.39, 0.29) is 17.1 Å². The van der Waals surface area contributed by atoms with Crippen LogP contribution in [-0.2, 0) is 4.74 Å². The van der Waals surface area contributed by atoms with Gasteiger partial charge in [-0.05, 0) is 103 Å².